The van der Waals surface area contributed by atoms with E-state index in [0.717, 1.165) is 5.56 Å². The molecule has 0 aliphatic heterocycles. The number of halogens is 3. The maximum absolute atomic E-state index is 13.0. The van der Waals surface area contributed by atoms with Crippen LogP contribution in [0.3, 0.4) is 0 Å². The van der Waals surface area contributed by atoms with Crippen molar-refractivity contribution in [2.45, 2.75) is 26.2 Å². The average Bonchev–Trinajstić information content (AvgIpc) is 1.97. The number of rotatable bonds is 0. The van der Waals surface area contributed by atoms with E-state index >= 15 is 0 Å². The number of hydrogen-bond acceptors (Lipinski definition) is 0. The summed E-state index contributed by atoms with van der Waals surface area (Å²) in [7, 11) is 0. The van der Waals surface area contributed by atoms with E-state index in [1.807, 2.05) is 20.8 Å². The fourth-order valence-corrected chi connectivity index (χ4v) is 1.48. The van der Waals surface area contributed by atoms with Crippen LogP contribution in [0.5, 0.6) is 0 Å². The van der Waals surface area contributed by atoms with Crippen molar-refractivity contribution < 1.29 is 4.39 Å². The first-order valence-electron chi connectivity index (χ1n) is 3.97. The summed E-state index contributed by atoms with van der Waals surface area (Å²) in [6.07, 6.45) is 0. The third-order valence-corrected chi connectivity index (χ3v) is 2.40. The quantitative estimate of drug-likeness (QED) is 0.568. The Hall–Kier alpha value is -0.270. The Bertz CT molecular complexity index is 303. The van der Waals surface area contributed by atoms with Crippen LogP contribution in [0.4, 0.5) is 4.39 Å². The Morgan fingerprint density at radius 1 is 1.08 bits per heavy atom. The van der Waals surface area contributed by atoms with Crippen LogP contribution >= 0.6 is 23.2 Å². The van der Waals surface area contributed by atoms with Crippen molar-refractivity contribution in [1.29, 1.82) is 0 Å². The Kier molecular flexibility index (Phi) is 2.88. The van der Waals surface area contributed by atoms with Crippen molar-refractivity contribution in [1.82, 2.24) is 0 Å². The van der Waals surface area contributed by atoms with E-state index in [-0.39, 0.29) is 15.5 Å². The Morgan fingerprint density at radius 2 is 1.46 bits per heavy atom. The standard InChI is InChI=1S/C10H11Cl2F/c1-10(2,3)6-4-7(11)9(13)8(12)5-6/h4-5H,1-3H3. The second-order valence-electron chi connectivity index (χ2n) is 4.00. The molecule has 72 valence electrons. The van der Waals surface area contributed by atoms with Crippen molar-refractivity contribution in [2.75, 3.05) is 0 Å². The van der Waals surface area contributed by atoms with Crippen LogP contribution in [0.25, 0.3) is 0 Å². The molecule has 0 heterocycles. The molecule has 1 rings (SSSR count). The molecule has 0 aliphatic carbocycles. The zero-order valence-corrected chi connectivity index (χ0v) is 9.30. The summed E-state index contributed by atoms with van der Waals surface area (Å²) in [4.78, 5) is 0. The molecule has 0 nitrogen and oxygen atoms in total. The van der Waals surface area contributed by atoms with Gasteiger partial charge >= 0.3 is 0 Å². The van der Waals surface area contributed by atoms with Gasteiger partial charge in [0.2, 0.25) is 0 Å². The molecule has 0 bridgehead atoms. The molecule has 3 heteroatoms. The molecular formula is C10H11Cl2F. The van der Waals surface area contributed by atoms with Gasteiger partial charge in [-0.3, -0.25) is 0 Å². The minimum absolute atomic E-state index is 0.0685. The van der Waals surface area contributed by atoms with Crippen LogP contribution in [0.15, 0.2) is 12.1 Å². The fourth-order valence-electron chi connectivity index (χ4n) is 0.989. The van der Waals surface area contributed by atoms with Crippen molar-refractivity contribution in [3.8, 4) is 0 Å². The summed E-state index contributed by atoms with van der Waals surface area (Å²) in [6.45, 7) is 6.06. The summed E-state index contributed by atoms with van der Waals surface area (Å²) >= 11 is 11.3. The van der Waals surface area contributed by atoms with Crippen LogP contribution in [0.2, 0.25) is 10.0 Å². The van der Waals surface area contributed by atoms with E-state index in [9.17, 15) is 4.39 Å². The van der Waals surface area contributed by atoms with E-state index in [1.54, 1.807) is 12.1 Å². The third kappa shape index (κ3) is 2.35. The van der Waals surface area contributed by atoms with E-state index in [2.05, 4.69) is 0 Å². The second kappa shape index (κ2) is 3.47. The third-order valence-electron chi connectivity index (χ3n) is 1.85. The lowest BCUT2D eigenvalue weighted by molar-refractivity contribution is 0.583. The van der Waals surface area contributed by atoms with E-state index in [0.29, 0.717) is 0 Å². The summed E-state index contributed by atoms with van der Waals surface area (Å²) in [5.74, 6) is -0.545. The fraction of sp³-hybridized carbons (Fsp3) is 0.400. The van der Waals surface area contributed by atoms with Crippen molar-refractivity contribution >= 4 is 23.2 Å². The first-order chi connectivity index (χ1) is 5.82. The van der Waals surface area contributed by atoms with Gasteiger partial charge in [-0.15, -0.1) is 0 Å². The lowest BCUT2D eigenvalue weighted by atomic mass is 9.87. The monoisotopic (exact) mass is 220 g/mol. The Balaban J connectivity index is 3.29. The van der Waals surface area contributed by atoms with E-state index in [1.165, 1.54) is 0 Å². The Morgan fingerprint density at radius 3 is 1.77 bits per heavy atom. The number of benzene rings is 1. The predicted octanol–water partition coefficient (Wildman–Crippen LogP) is 4.43. The number of hydrogen-bond donors (Lipinski definition) is 0. The zero-order valence-electron chi connectivity index (χ0n) is 7.79. The van der Waals surface area contributed by atoms with Gasteiger partial charge in [0.05, 0.1) is 10.0 Å². The molecule has 1 aromatic carbocycles. The minimum atomic E-state index is -0.545. The second-order valence-corrected chi connectivity index (χ2v) is 4.82. The zero-order chi connectivity index (χ0) is 10.2. The van der Waals surface area contributed by atoms with Gasteiger partial charge in [0.15, 0.2) is 5.82 Å². The van der Waals surface area contributed by atoms with Gasteiger partial charge < -0.3 is 0 Å². The van der Waals surface area contributed by atoms with Gasteiger partial charge in [-0.2, -0.15) is 0 Å². The molecule has 1 aromatic rings. The molecule has 0 aromatic heterocycles. The summed E-state index contributed by atoms with van der Waals surface area (Å²) in [5.41, 5.74) is 0.866. The van der Waals surface area contributed by atoms with Gasteiger partial charge in [-0.1, -0.05) is 44.0 Å². The molecule has 0 aliphatic rings. The molecular weight excluding hydrogens is 210 g/mol. The highest BCUT2D eigenvalue weighted by Crippen LogP contribution is 2.31. The molecule has 0 saturated carbocycles. The maximum atomic E-state index is 13.0. The highest BCUT2D eigenvalue weighted by Gasteiger charge is 2.17. The molecule has 0 fully saturated rings. The molecule has 0 spiro atoms. The first-order valence-corrected chi connectivity index (χ1v) is 4.73. The van der Waals surface area contributed by atoms with Crippen LogP contribution in [-0.4, -0.2) is 0 Å². The molecule has 0 radical (unpaired) electrons. The predicted molar refractivity (Wildman–Crippen MR) is 55.1 cm³/mol. The highest BCUT2D eigenvalue weighted by atomic mass is 35.5. The van der Waals surface area contributed by atoms with Crippen molar-refractivity contribution in [3.63, 3.8) is 0 Å². The smallest absolute Gasteiger partial charge is 0.160 e. The topological polar surface area (TPSA) is 0 Å². The molecule has 0 unspecified atom stereocenters. The van der Waals surface area contributed by atoms with Crippen LogP contribution < -0.4 is 0 Å². The van der Waals surface area contributed by atoms with Crippen LogP contribution in [-0.2, 0) is 5.41 Å². The maximum Gasteiger partial charge on any atom is 0.160 e. The lowest BCUT2D eigenvalue weighted by Crippen LogP contribution is -2.11. The van der Waals surface area contributed by atoms with Crippen molar-refractivity contribution in [2.24, 2.45) is 0 Å². The van der Waals surface area contributed by atoms with Gasteiger partial charge in [0, 0.05) is 0 Å². The summed E-state index contributed by atoms with van der Waals surface area (Å²) in [6, 6.07) is 3.23. The van der Waals surface area contributed by atoms with Crippen molar-refractivity contribution in [3.05, 3.63) is 33.6 Å². The minimum Gasteiger partial charge on any atom is -0.204 e. The average molecular weight is 221 g/mol. The SMILES string of the molecule is CC(C)(C)c1cc(Cl)c(F)c(Cl)c1. The van der Waals surface area contributed by atoms with Gasteiger partial charge in [0.1, 0.15) is 0 Å². The molecule has 0 N–H and O–H groups in total. The van der Waals surface area contributed by atoms with Gasteiger partial charge in [0.25, 0.3) is 0 Å². The highest BCUT2D eigenvalue weighted by molar-refractivity contribution is 6.35. The summed E-state index contributed by atoms with van der Waals surface area (Å²) < 4.78 is 13.0. The largest absolute Gasteiger partial charge is 0.204 e. The van der Waals surface area contributed by atoms with Crippen LogP contribution in [0.1, 0.15) is 26.3 Å². The molecule has 0 saturated heterocycles. The molecule has 13 heavy (non-hydrogen) atoms. The van der Waals surface area contributed by atoms with E-state index in [4.69, 9.17) is 23.2 Å². The summed E-state index contributed by atoms with van der Waals surface area (Å²) in [5, 5.41) is 0.162. The van der Waals surface area contributed by atoms with Gasteiger partial charge in [-0.25, -0.2) is 4.39 Å². The Labute approximate surface area is 87.7 Å². The van der Waals surface area contributed by atoms with E-state index < -0.39 is 5.82 Å². The first kappa shape index (κ1) is 10.8. The van der Waals surface area contributed by atoms with Gasteiger partial charge in [-0.05, 0) is 23.1 Å². The van der Waals surface area contributed by atoms with Crippen LogP contribution in [0, 0.1) is 5.82 Å². The normalized spacial score (nSPS) is 11.8. The lowest BCUT2D eigenvalue weighted by Gasteiger charge is -2.19. The molecule has 0 atom stereocenters. The molecule has 0 amide bonds.